The van der Waals surface area contributed by atoms with Crippen molar-refractivity contribution in [1.29, 1.82) is 0 Å². The van der Waals surface area contributed by atoms with Crippen LogP contribution in [0.1, 0.15) is 32.6 Å². The van der Waals surface area contributed by atoms with Gasteiger partial charge in [-0.05, 0) is 59.4 Å². The van der Waals surface area contributed by atoms with E-state index >= 15 is 0 Å². The molecular weight excluding hydrogens is 309 g/mol. The Bertz CT molecular complexity index is 337. The third-order valence-electron chi connectivity index (χ3n) is 3.50. The molecule has 2 heteroatoms. The molecule has 88 valence electrons. The van der Waals surface area contributed by atoms with Crippen LogP contribution in [-0.2, 0) is 0 Å². The van der Waals surface area contributed by atoms with E-state index in [1.807, 2.05) is 0 Å². The molecule has 1 N–H and O–H groups in total. The Labute approximate surface area is 112 Å². The van der Waals surface area contributed by atoms with Gasteiger partial charge in [-0.1, -0.05) is 31.9 Å². The highest BCUT2D eigenvalue weighted by Gasteiger charge is 2.18. The van der Waals surface area contributed by atoms with Gasteiger partial charge in [0.1, 0.15) is 0 Å². The number of para-hydroxylation sites is 1. The van der Waals surface area contributed by atoms with Gasteiger partial charge in [0.25, 0.3) is 0 Å². The number of benzene rings is 1. The molecule has 2 atom stereocenters. The van der Waals surface area contributed by atoms with E-state index in [9.17, 15) is 0 Å². The molecular formula is C14H20IN. The van der Waals surface area contributed by atoms with Crippen LogP contribution in [0.3, 0.4) is 0 Å². The van der Waals surface area contributed by atoms with Gasteiger partial charge in [0, 0.05) is 15.8 Å². The zero-order valence-corrected chi connectivity index (χ0v) is 12.0. The van der Waals surface area contributed by atoms with Crippen molar-refractivity contribution in [2.24, 2.45) is 11.8 Å². The zero-order valence-electron chi connectivity index (χ0n) is 9.88. The monoisotopic (exact) mass is 329 g/mol. The lowest BCUT2D eigenvalue weighted by Crippen LogP contribution is -2.21. The molecule has 16 heavy (non-hydrogen) atoms. The summed E-state index contributed by atoms with van der Waals surface area (Å²) in [5, 5.41) is 3.60. The minimum absolute atomic E-state index is 0.875. The minimum Gasteiger partial charge on any atom is -0.384 e. The fourth-order valence-corrected chi connectivity index (χ4v) is 3.18. The Morgan fingerprint density at radius 3 is 2.88 bits per heavy atom. The fourth-order valence-electron chi connectivity index (χ4n) is 2.60. The van der Waals surface area contributed by atoms with Crippen molar-refractivity contribution in [3.63, 3.8) is 0 Å². The third-order valence-corrected chi connectivity index (χ3v) is 4.44. The third kappa shape index (κ3) is 3.37. The topological polar surface area (TPSA) is 12.0 Å². The van der Waals surface area contributed by atoms with Crippen molar-refractivity contribution < 1.29 is 0 Å². The van der Waals surface area contributed by atoms with Gasteiger partial charge in [-0.2, -0.15) is 0 Å². The molecule has 0 aromatic heterocycles. The van der Waals surface area contributed by atoms with Crippen molar-refractivity contribution in [2.45, 2.75) is 32.6 Å². The second-order valence-electron chi connectivity index (χ2n) is 5.00. The molecule has 0 amide bonds. The number of nitrogens with one attached hydrogen (secondary N) is 1. The van der Waals surface area contributed by atoms with Gasteiger partial charge in [0.2, 0.25) is 0 Å². The van der Waals surface area contributed by atoms with E-state index in [0.29, 0.717) is 0 Å². The van der Waals surface area contributed by atoms with Crippen molar-refractivity contribution in [3.05, 3.63) is 27.8 Å². The van der Waals surface area contributed by atoms with Crippen LogP contribution >= 0.6 is 22.6 Å². The summed E-state index contributed by atoms with van der Waals surface area (Å²) in [4.78, 5) is 0. The first kappa shape index (κ1) is 12.2. The fraction of sp³-hybridized carbons (Fsp3) is 0.571. The van der Waals surface area contributed by atoms with Crippen LogP contribution < -0.4 is 5.32 Å². The predicted octanol–water partition coefficient (Wildman–Crippen LogP) is 4.53. The van der Waals surface area contributed by atoms with Gasteiger partial charge >= 0.3 is 0 Å². The van der Waals surface area contributed by atoms with E-state index in [4.69, 9.17) is 0 Å². The first-order valence-electron chi connectivity index (χ1n) is 6.24. The summed E-state index contributed by atoms with van der Waals surface area (Å²) >= 11 is 2.40. The molecule has 1 aliphatic carbocycles. The Hall–Kier alpha value is -0.250. The van der Waals surface area contributed by atoms with Crippen LogP contribution in [0.15, 0.2) is 24.3 Å². The van der Waals surface area contributed by atoms with Crippen LogP contribution in [0.5, 0.6) is 0 Å². The van der Waals surface area contributed by atoms with E-state index in [1.165, 1.54) is 34.9 Å². The predicted molar refractivity (Wildman–Crippen MR) is 78.8 cm³/mol. The SMILES string of the molecule is CC1CCCC(CNc2ccccc2I)C1. The van der Waals surface area contributed by atoms with E-state index in [-0.39, 0.29) is 0 Å². The molecule has 0 bridgehead atoms. The Morgan fingerprint density at radius 1 is 1.31 bits per heavy atom. The normalized spacial score (nSPS) is 25.4. The van der Waals surface area contributed by atoms with Crippen LogP contribution in [-0.4, -0.2) is 6.54 Å². The quantitative estimate of drug-likeness (QED) is 0.804. The summed E-state index contributed by atoms with van der Waals surface area (Å²) in [6.07, 6.45) is 5.65. The second kappa shape index (κ2) is 5.89. The van der Waals surface area contributed by atoms with Crippen molar-refractivity contribution in [1.82, 2.24) is 0 Å². The average molecular weight is 329 g/mol. The van der Waals surface area contributed by atoms with Gasteiger partial charge in [-0.25, -0.2) is 0 Å². The standard InChI is InChI=1S/C14H20IN/c1-11-5-4-6-12(9-11)10-16-14-8-3-2-7-13(14)15/h2-3,7-8,11-12,16H,4-6,9-10H2,1H3. The molecule has 0 spiro atoms. The van der Waals surface area contributed by atoms with E-state index in [0.717, 1.165) is 18.4 Å². The smallest absolute Gasteiger partial charge is 0.0475 e. The van der Waals surface area contributed by atoms with Gasteiger partial charge < -0.3 is 5.32 Å². The maximum absolute atomic E-state index is 3.60. The molecule has 0 aliphatic heterocycles. The van der Waals surface area contributed by atoms with Crippen LogP contribution in [0.2, 0.25) is 0 Å². The molecule has 0 heterocycles. The van der Waals surface area contributed by atoms with E-state index in [2.05, 4.69) is 59.1 Å². The number of hydrogen-bond donors (Lipinski definition) is 1. The van der Waals surface area contributed by atoms with Gasteiger partial charge in [-0.15, -0.1) is 0 Å². The highest BCUT2D eigenvalue weighted by atomic mass is 127. The largest absolute Gasteiger partial charge is 0.384 e. The van der Waals surface area contributed by atoms with Crippen LogP contribution in [0.4, 0.5) is 5.69 Å². The lowest BCUT2D eigenvalue weighted by molar-refractivity contribution is 0.293. The van der Waals surface area contributed by atoms with Crippen molar-refractivity contribution >= 4 is 28.3 Å². The molecule has 1 saturated carbocycles. The minimum atomic E-state index is 0.875. The van der Waals surface area contributed by atoms with Crippen LogP contribution in [0.25, 0.3) is 0 Å². The maximum Gasteiger partial charge on any atom is 0.0475 e. The lowest BCUT2D eigenvalue weighted by atomic mass is 9.82. The summed E-state index contributed by atoms with van der Waals surface area (Å²) in [7, 11) is 0. The van der Waals surface area contributed by atoms with E-state index < -0.39 is 0 Å². The van der Waals surface area contributed by atoms with Crippen LogP contribution in [0, 0.1) is 15.4 Å². The molecule has 0 radical (unpaired) electrons. The highest BCUT2D eigenvalue weighted by molar-refractivity contribution is 14.1. The average Bonchev–Trinajstić information content (AvgIpc) is 2.28. The maximum atomic E-state index is 3.60. The highest BCUT2D eigenvalue weighted by Crippen LogP contribution is 2.29. The molecule has 2 unspecified atom stereocenters. The van der Waals surface area contributed by atoms with E-state index in [1.54, 1.807) is 0 Å². The number of hydrogen-bond acceptors (Lipinski definition) is 1. The molecule has 1 nitrogen and oxygen atoms in total. The first-order chi connectivity index (χ1) is 7.75. The van der Waals surface area contributed by atoms with Gasteiger partial charge in [0.15, 0.2) is 0 Å². The Balaban J connectivity index is 1.85. The molecule has 1 aliphatic rings. The lowest BCUT2D eigenvalue weighted by Gasteiger charge is -2.27. The van der Waals surface area contributed by atoms with Gasteiger partial charge in [-0.3, -0.25) is 0 Å². The molecule has 0 saturated heterocycles. The first-order valence-corrected chi connectivity index (χ1v) is 7.32. The summed E-state index contributed by atoms with van der Waals surface area (Å²) in [6, 6.07) is 8.53. The van der Waals surface area contributed by atoms with Crippen molar-refractivity contribution in [3.8, 4) is 0 Å². The summed E-state index contributed by atoms with van der Waals surface area (Å²) in [5.74, 6) is 1.80. The molecule has 1 aromatic rings. The zero-order chi connectivity index (χ0) is 11.4. The number of anilines is 1. The Morgan fingerprint density at radius 2 is 2.12 bits per heavy atom. The summed E-state index contributed by atoms with van der Waals surface area (Å²) in [5.41, 5.74) is 1.29. The van der Waals surface area contributed by atoms with Gasteiger partial charge in [0.05, 0.1) is 0 Å². The summed E-state index contributed by atoms with van der Waals surface area (Å²) < 4.78 is 1.32. The number of halogens is 1. The number of rotatable bonds is 3. The van der Waals surface area contributed by atoms with Crippen molar-refractivity contribution in [2.75, 3.05) is 11.9 Å². The Kier molecular flexibility index (Phi) is 4.50. The molecule has 2 rings (SSSR count). The molecule has 1 fully saturated rings. The second-order valence-corrected chi connectivity index (χ2v) is 6.16. The molecule has 1 aromatic carbocycles. The summed E-state index contributed by atoms with van der Waals surface area (Å²) in [6.45, 7) is 3.53.